The number of halogens is 3. The van der Waals surface area contributed by atoms with Gasteiger partial charge in [0.15, 0.2) is 6.61 Å². The number of hydrogen-bond acceptors (Lipinski definition) is 10. The molecule has 3 aromatic rings. The first-order chi connectivity index (χ1) is 21.8. The summed E-state index contributed by atoms with van der Waals surface area (Å²) in [6.45, 7) is 9.09. The van der Waals surface area contributed by atoms with E-state index in [-0.39, 0.29) is 30.9 Å². The minimum absolute atomic E-state index is 0.0136. The number of nitrogens with one attached hydrogen (secondary N) is 3. The van der Waals surface area contributed by atoms with Gasteiger partial charge in [-0.15, -0.1) is 0 Å². The number of carbonyl (C=O) groups is 2. The molecule has 7 rings (SSSR count). The van der Waals surface area contributed by atoms with Gasteiger partial charge in [0.1, 0.15) is 5.75 Å². The van der Waals surface area contributed by atoms with Crippen LogP contribution in [0.15, 0.2) is 55.3 Å². The highest BCUT2D eigenvalue weighted by molar-refractivity contribution is 5.94. The van der Waals surface area contributed by atoms with Crippen molar-refractivity contribution in [3.8, 4) is 11.8 Å². The Balaban J connectivity index is 1.61. The summed E-state index contributed by atoms with van der Waals surface area (Å²) in [7, 11) is 0. The van der Waals surface area contributed by atoms with E-state index < -0.39 is 30.3 Å². The van der Waals surface area contributed by atoms with Crippen LogP contribution in [0.1, 0.15) is 41.8 Å². The molecule has 2 aromatic carbocycles. The molecule has 0 aliphatic carbocycles. The first-order valence-corrected chi connectivity index (χ1v) is 14.4. The van der Waals surface area contributed by atoms with Gasteiger partial charge >= 0.3 is 18.3 Å². The van der Waals surface area contributed by atoms with E-state index in [1.165, 1.54) is 0 Å². The molecule has 12 nitrogen and oxygen atoms in total. The summed E-state index contributed by atoms with van der Waals surface area (Å²) in [4.78, 5) is 39.4. The monoisotopic (exact) mass is 643 g/mol. The van der Waals surface area contributed by atoms with Crippen LogP contribution >= 0.6 is 0 Å². The van der Waals surface area contributed by atoms with Gasteiger partial charge in [0.05, 0.1) is 12.9 Å². The summed E-state index contributed by atoms with van der Waals surface area (Å²) in [6.07, 6.45) is -3.54. The van der Waals surface area contributed by atoms with Crippen LogP contribution in [0, 0.1) is 12.3 Å². The Morgan fingerprint density at radius 2 is 1.85 bits per heavy atom. The Morgan fingerprint density at radius 3 is 2.54 bits per heavy atom. The Labute approximate surface area is 264 Å². The van der Waals surface area contributed by atoms with Crippen LogP contribution in [0.4, 0.5) is 35.5 Å². The summed E-state index contributed by atoms with van der Waals surface area (Å²) in [5.41, 5.74) is 2.00. The van der Waals surface area contributed by atoms with E-state index in [4.69, 9.17) is 14.2 Å². The van der Waals surface area contributed by atoms with Gasteiger partial charge in [0.2, 0.25) is 11.9 Å². The maximum absolute atomic E-state index is 12.9. The molecule has 46 heavy (non-hydrogen) atoms. The third-order valence-electron chi connectivity index (χ3n) is 6.69. The summed E-state index contributed by atoms with van der Waals surface area (Å²) >= 11 is 0. The third kappa shape index (κ3) is 10.2. The van der Waals surface area contributed by atoms with Gasteiger partial charge in [-0.3, -0.25) is 4.79 Å². The molecule has 0 radical (unpaired) electrons. The molecule has 5 heterocycles. The lowest BCUT2D eigenvalue weighted by molar-refractivity contribution is -0.154. The van der Waals surface area contributed by atoms with Crippen molar-refractivity contribution in [3.05, 3.63) is 72.0 Å². The molecule has 0 saturated carbocycles. The molecule has 0 spiro atoms. The van der Waals surface area contributed by atoms with E-state index in [0.29, 0.717) is 43.1 Å². The summed E-state index contributed by atoms with van der Waals surface area (Å²) < 4.78 is 54.3. The van der Waals surface area contributed by atoms with Crippen molar-refractivity contribution in [1.29, 1.82) is 0 Å². The van der Waals surface area contributed by atoms with Gasteiger partial charge in [-0.2, -0.15) is 28.1 Å². The van der Waals surface area contributed by atoms with E-state index in [1.807, 2.05) is 39.0 Å². The second-order valence-corrected chi connectivity index (χ2v) is 11.3. The molecule has 4 aliphatic heterocycles. The number of alkyl halides is 3. The molecule has 3 N–H and O–H groups in total. The van der Waals surface area contributed by atoms with E-state index in [2.05, 4.69) is 37.5 Å². The number of benzene rings is 2. The summed E-state index contributed by atoms with van der Waals surface area (Å²) in [5.74, 6) is 0.239. The van der Waals surface area contributed by atoms with Crippen LogP contribution in [0.5, 0.6) is 11.8 Å². The zero-order valence-electron chi connectivity index (χ0n) is 25.7. The quantitative estimate of drug-likeness (QED) is 0.309. The first-order valence-electron chi connectivity index (χ1n) is 14.4. The second kappa shape index (κ2) is 14.8. The molecule has 4 aliphatic rings. The molecule has 1 aromatic heterocycles. The maximum Gasteiger partial charge on any atom is 0.422 e. The highest BCUT2D eigenvalue weighted by Gasteiger charge is 2.29. The van der Waals surface area contributed by atoms with Gasteiger partial charge in [-0.05, 0) is 60.2 Å². The van der Waals surface area contributed by atoms with Crippen LogP contribution in [-0.2, 0) is 11.3 Å². The van der Waals surface area contributed by atoms with Crippen LogP contribution in [0.25, 0.3) is 0 Å². The predicted molar refractivity (Wildman–Crippen MR) is 164 cm³/mol. The number of carbonyl (C=O) groups excluding carboxylic acids is 2. The number of aromatic nitrogens is 3. The van der Waals surface area contributed by atoms with Crippen molar-refractivity contribution in [3.63, 3.8) is 0 Å². The highest BCUT2D eigenvalue weighted by Crippen LogP contribution is 2.23. The van der Waals surface area contributed by atoms with Gasteiger partial charge < -0.3 is 35.1 Å². The fourth-order valence-electron chi connectivity index (χ4n) is 4.51. The number of aryl methyl sites for hydroxylation is 1. The van der Waals surface area contributed by atoms with Crippen molar-refractivity contribution in [1.82, 2.24) is 25.2 Å². The lowest BCUT2D eigenvalue weighted by Gasteiger charge is -2.32. The summed E-state index contributed by atoms with van der Waals surface area (Å²) in [5, 5.41) is 8.81. The zero-order chi connectivity index (χ0) is 33.3. The molecule has 15 heteroatoms. The maximum atomic E-state index is 12.9. The number of ether oxygens (including phenoxy) is 3. The topological polar surface area (TPSA) is 140 Å². The lowest BCUT2D eigenvalue weighted by Crippen LogP contribution is -2.45. The number of rotatable bonds is 3. The van der Waals surface area contributed by atoms with Crippen LogP contribution < -0.4 is 25.4 Å². The Hall–Kier alpha value is -5.08. The Kier molecular flexibility index (Phi) is 10.9. The fourth-order valence-corrected chi connectivity index (χ4v) is 4.51. The number of nitrogens with zero attached hydrogens (tertiary/aromatic N) is 4. The number of anilines is 3. The molecular weight excluding hydrogens is 607 g/mol. The van der Waals surface area contributed by atoms with Crippen LogP contribution in [-0.4, -0.2) is 70.9 Å². The average Bonchev–Trinajstić information content (AvgIpc) is 3.00. The predicted octanol–water partition coefficient (Wildman–Crippen LogP) is 5.60. The molecule has 0 atom stereocenters. The minimum Gasteiger partial charge on any atom is -0.493 e. The largest absolute Gasteiger partial charge is 0.493 e. The lowest BCUT2D eigenvalue weighted by atomic mass is 9.92. The number of hydrogen-bond donors (Lipinski definition) is 3. The standard InChI is InChI=1S/C31H36F3N7O5/c1-5-44-29(43)41-13-6-14-45-24-12-7-21(15-20(24)2)16-35-26-38-27(40-28(39-26)46-19-31(32,33)34)37-23-10-8-22(9-11-23)25(42)36-17-30(3,4)18-41/h5,7-12,15H,1,6,13-14,16-19H2,2-4H3,(H,36,42)(H2,35,37,38,39,40). The zero-order valence-corrected chi connectivity index (χ0v) is 25.7. The SMILES string of the molecule is C=COC(=O)N1CCCOc2ccc(cc2C)CNc2nc(nc(OCC(F)(F)F)n2)Nc2ccc(cc2)C(=O)NCC(C)(C)C1. The fraction of sp³-hybridized carbons (Fsp3) is 0.387. The summed E-state index contributed by atoms with van der Waals surface area (Å²) in [6, 6.07) is 11.4. The second-order valence-electron chi connectivity index (χ2n) is 11.3. The Morgan fingerprint density at radius 1 is 1.11 bits per heavy atom. The van der Waals surface area contributed by atoms with Crippen LogP contribution in [0.2, 0.25) is 0 Å². The van der Waals surface area contributed by atoms with E-state index in [0.717, 1.165) is 17.4 Å². The van der Waals surface area contributed by atoms with Gasteiger partial charge in [0.25, 0.3) is 5.91 Å². The first kappa shape index (κ1) is 33.8. The van der Waals surface area contributed by atoms with E-state index in [1.54, 1.807) is 29.2 Å². The number of amides is 2. The Bertz CT molecular complexity index is 1530. The van der Waals surface area contributed by atoms with Crippen molar-refractivity contribution < 1.29 is 37.0 Å². The molecule has 2 amide bonds. The van der Waals surface area contributed by atoms with E-state index >= 15 is 0 Å². The smallest absolute Gasteiger partial charge is 0.422 e. The van der Waals surface area contributed by atoms with Crippen molar-refractivity contribution in [2.45, 2.75) is 39.9 Å². The average molecular weight is 644 g/mol. The van der Waals surface area contributed by atoms with Crippen molar-refractivity contribution in [2.75, 3.05) is 43.5 Å². The highest BCUT2D eigenvalue weighted by atomic mass is 19.4. The third-order valence-corrected chi connectivity index (χ3v) is 6.69. The molecule has 0 unspecified atom stereocenters. The van der Waals surface area contributed by atoms with Crippen molar-refractivity contribution in [2.24, 2.45) is 5.41 Å². The molecule has 6 bridgehead atoms. The normalized spacial score (nSPS) is 15.8. The molecular formula is C31H36F3N7O5. The van der Waals surface area contributed by atoms with Gasteiger partial charge in [-0.25, -0.2) is 4.79 Å². The van der Waals surface area contributed by atoms with Gasteiger partial charge in [-0.1, -0.05) is 32.6 Å². The molecule has 0 saturated heterocycles. The van der Waals surface area contributed by atoms with Crippen LogP contribution in [0.3, 0.4) is 0 Å². The molecule has 0 fully saturated rings. The van der Waals surface area contributed by atoms with Gasteiger partial charge in [0, 0.05) is 37.4 Å². The van der Waals surface area contributed by atoms with E-state index in [9.17, 15) is 22.8 Å². The molecule has 246 valence electrons. The minimum atomic E-state index is -4.59. The van der Waals surface area contributed by atoms with Crippen molar-refractivity contribution >= 4 is 29.6 Å².